The number of anilines is 1. The normalized spacial score (nSPS) is 12.2. The van der Waals surface area contributed by atoms with Gasteiger partial charge < -0.3 is 11.1 Å². The standard InChI is InChI=1S/C12H13ClFN5O/c1-7(15)11-5-19(18-17-11)6-12(20)16-8-2-3-10(14)9(13)4-8/h2-5,7H,6,15H2,1H3,(H,16,20). The summed E-state index contributed by atoms with van der Waals surface area (Å²) in [6.07, 6.45) is 1.60. The van der Waals surface area contributed by atoms with Crippen molar-refractivity contribution in [3.05, 3.63) is 40.9 Å². The van der Waals surface area contributed by atoms with E-state index in [4.69, 9.17) is 17.3 Å². The Morgan fingerprint density at radius 2 is 2.35 bits per heavy atom. The van der Waals surface area contributed by atoms with E-state index < -0.39 is 5.82 Å². The molecular weight excluding hydrogens is 285 g/mol. The first-order valence-corrected chi connectivity index (χ1v) is 6.24. The van der Waals surface area contributed by atoms with E-state index in [2.05, 4.69) is 15.6 Å². The minimum Gasteiger partial charge on any atom is -0.324 e. The highest BCUT2D eigenvalue weighted by Crippen LogP contribution is 2.19. The number of nitrogens with two attached hydrogens (primary N) is 1. The zero-order chi connectivity index (χ0) is 14.7. The van der Waals surface area contributed by atoms with Crippen molar-refractivity contribution in [2.24, 2.45) is 5.73 Å². The maximum atomic E-state index is 13.0. The molecule has 106 valence electrons. The number of halogens is 2. The van der Waals surface area contributed by atoms with Crippen molar-refractivity contribution in [1.82, 2.24) is 15.0 Å². The third kappa shape index (κ3) is 3.52. The lowest BCUT2D eigenvalue weighted by Crippen LogP contribution is -2.19. The molecule has 1 aromatic carbocycles. The van der Waals surface area contributed by atoms with Crippen LogP contribution in [-0.2, 0) is 11.3 Å². The number of hydrogen-bond acceptors (Lipinski definition) is 4. The van der Waals surface area contributed by atoms with Gasteiger partial charge in [-0.2, -0.15) is 0 Å². The number of nitrogens with zero attached hydrogens (tertiary/aromatic N) is 3. The van der Waals surface area contributed by atoms with Gasteiger partial charge in [-0.25, -0.2) is 9.07 Å². The summed E-state index contributed by atoms with van der Waals surface area (Å²) in [5.41, 5.74) is 6.66. The van der Waals surface area contributed by atoms with Crippen molar-refractivity contribution in [3.8, 4) is 0 Å². The van der Waals surface area contributed by atoms with Gasteiger partial charge >= 0.3 is 0 Å². The van der Waals surface area contributed by atoms with Gasteiger partial charge in [0.25, 0.3) is 0 Å². The van der Waals surface area contributed by atoms with E-state index >= 15 is 0 Å². The maximum absolute atomic E-state index is 13.0. The zero-order valence-electron chi connectivity index (χ0n) is 10.7. The van der Waals surface area contributed by atoms with Crippen LogP contribution < -0.4 is 11.1 Å². The molecule has 1 aromatic heterocycles. The van der Waals surface area contributed by atoms with Crippen molar-refractivity contribution >= 4 is 23.2 Å². The molecule has 1 atom stereocenters. The number of aromatic nitrogens is 3. The fourth-order valence-electron chi connectivity index (χ4n) is 1.52. The molecule has 0 radical (unpaired) electrons. The first-order chi connectivity index (χ1) is 9.45. The second-order valence-electron chi connectivity index (χ2n) is 4.31. The summed E-state index contributed by atoms with van der Waals surface area (Å²) < 4.78 is 14.4. The van der Waals surface area contributed by atoms with Gasteiger partial charge in [0.15, 0.2) is 0 Å². The van der Waals surface area contributed by atoms with E-state index in [1.165, 1.54) is 22.9 Å². The number of carbonyl (C=O) groups is 1. The van der Waals surface area contributed by atoms with E-state index in [1.807, 2.05) is 0 Å². The van der Waals surface area contributed by atoms with Gasteiger partial charge in [0.1, 0.15) is 12.4 Å². The summed E-state index contributed by atoms with van der Waals surface area (Å²) in [5, 5.41) is 10.2. The molecule has 8 heteroatoms. The zero-order valence-corrected chi connectivity index (χ0v) is 11.4. The Labute approximate surface area is 119 Å². The molecule has 0 fully saturated rings. The number of rotatable bonds is 4. The largest absolute Gasteiger partial charge is 0.324 e. The first kappa shape index (κ1) is 14.4. The van der Waals surface area contributed by atoms with Crippen molar-refractivity contribution in [1.29, 1.82) is 0 Å². The maximum Gasteiger partial charge on any atom is 0.246 e. The molecule has 0 saturated heterocycles. The average molecular weight is 298 g/mol. The molecule has 0 aliphatic rings. The van der Waals surface area contributed by atoms with Crippen LogP contribution >= 0.6 is 11.6 Å². The molecule has 20 heavy (non-hydrogen) atoms. The van der Waals surface area contributed by atoms with Gasteiger partial charge in [-0.05, 0) is 25.1 Å². The lowest BCUT2D eigenvalue weighted by Gasteiger charge is -2.05. The van der Waals surface area contributed by atoms with Crippen molar-refractivity contribution in [2.75, 3.05) is 5.32 Å². The molecule has 2 aromatic rings. The molecule has 0 spiro atoms. The molecule has 0 aliphatic heterocycles. The van der Waals surface area contributed by atoms with Crippen LogP contribution in [0.1, 0.15) is 18.7 Å². The van der Waals surface area contributed by atoms with Crippen molar-refractivity contribution in [3.63, 3.8) is 0 Å². The average Bonchev–Trinajstić information content (AvgIpc) is 2.82. The van der Waals surface area contributed by atoms with E-state index in [0.717, 1.165) is 0 Å². The number of nitrogens with one attached hydrogen (secondary N) is 1. The highest BCUT2D eigenvalue weighted by Gasteiger charge is 2.09. The van der Waals surface area contributed by atoms with Crippen LogP contribution in [0.5, 0.6) is 0 Å². The quantitative estimate of drug-likeness (QED) is 0.900. The van der Waals surface area contributed by atoms with E-state index in [1.54, 1.807) is 13.1 Å². The molecular formula is C12H13ClFN5O. The van der Waals surface area contributed by atoms with Gasteiger partial charge in [0.2, 0.25) is 5.91 Å². The Balaban J connectivity index is 1.99. The summed E-state index contributed by atoms with van der Waals surface area (Å²) in [6.45, 7) is 1.75. The smallest absolute Gasteiger partial charge is 0.246 e. The number of carbonyl (C=O) groups excluding carboxylic acids is 1. The summed E-state index contributed by atoms with van der Waals surface area (Å²) in [4.78, 5) is 11.8. The Kier molecular flexibility index (Phi) is 4.31. The van der Waals surface area contributed by atoms with Crippen LogP contribution in [0.25, 0.3) is 0 Å². The fourth-order valence-corrected chi connectivity index (χ4v) is 1.70. The highest BCUT2D eigenvalue weighted by molar-refractivity contribution is 6.31. The van der Waals surface area contributed by atoms with Crippen LogP contribution in [0, 0.1) is 5.82 Å². The third-order valence-corrected chi connectivity index (χ3v) is 2.82. The van der Waals surface area contributed by atoms with Crippen LogP contribution in [0.2, 0.25) is 5.02 Å². The SMILES string of the molecule is CC(N)c1cn(CC(=O)Nc2ccc(F)c(Cl)c2)nn1. The molecule has 0 aliphatic carbocycles. The molecule has 2 rings (SSSR count). The Morgan fingerprint density at radius 3 is 2.95 bits per heavy atom. The molecule has 1 unspecified atom stereocenters. The van der Waals surface area contributed by atoms with Crippen molar-refractivity contribution in [2.45, 2.75) is 19.5 Å². The lowest BCUT2D eigenvalue weighted by atomic mass is 10.3. The molecule has 3 N–H and O–H groups in total. The van der Waals surface area contributed by atoms with Crippen LogP contribution in [-0.4, -0.2) is 20.9 Å². The van der Waals surface area contributed by atoms with Crippen LogP contribution in [0.4, 0.5) is 10.1 Å². The molecule has 1 heterocycles. The molecule has 6 nitrogen and oxygen atoms in total. The van der Waals surface area contributed by atoms with Gasteiger partial charge in [0.05, 0.1) is 16.9 Å². The fraction of sp³-hybridized carbons (Fsp3) is 0.250. The Bertz CT molecular complexity index is 628. The number of benzene rings is 1. The number of amides is 1. The van der Waals surface area contributed by atoms with Gasteiger partial charge in [-0.15, -0.1) is 5.10 Å². The second-order valence-corrected chi connectivity index (χ2v) is 4.71. The molecule has 0 saturated carbocycles. The predicted molar refractivity (Wildman–Crippen MR) is 72.7 cm³/mol. The van der Waals surface area contributed by atoms with Gasteiger partial charge in [-0.3, -0.25) is 4.79 Å². The summed E-state index contributed by atoms with van der Waals surface area (Å²) in [6, 6.07) is 3.70. The Hall–Kier alpha value is -1.99. The second kappa shape index (κ2) is 5.98. The molecule has 0 bridgehead atoms. The predicted octanol–water partition coefficient (Wildman–Crippen LogP) is 1.73. The minimum atomic E-state index is -0.539. The van der Waals surface area contributed by atoms with Gasteiger partial charge in [0, 0.05) is 11.7 Å². The monoisotopic (exact) mass is 297 g/mol. The van der Waals surface area contributed by atoms with E-state index in [9.17, 15) is 9.18 Å². The van der Waals surface area contributed by atoms with E-state index in [0.29, 0.717) is 11.4 Å². The summed E-state index contributed by atoms with van der Waals surface area (Å²) in [7, 11) is 0. The minimum absolute atomic E-state index is 0.0191. The van der Waals surface area contributed by atoms with Crippen molar-refractivity contribution < 1.29 is 9.18 Å². The van der Waals surface area contributed by atoms with Crippen LogP contribution in [0.3, 0.4) is 0 Å². The Morgan fingerprint density at radius 1 is 1.60 bits per heavy atom. The van der Waals surface area contributed by atoms with E-state index in [-0.39, 0.29) is 23.5 Å². The molecule has 1 amide bonds. The van der Waals surface area contributed by atoms with Gasteiger partial charge in [-0.1, -0.05) is 16.8 Å². The summed E-state index contributed by atoms with van der Waals surface area (Å²) >= 11 is 5.63. The lowest BCUT2D eigenvalue weighted by molar-refractivity contribution is -0.116. The topological polar surface area (TPSA) is 85.8 Å². The first-order valence-electron chi connectivity index (χ1n) is 5.86. The third-order valence-electron chi connectivity index (χ3n) is 2.53. The number of hydrogen-bond donors (Lipinski definition) is 2. The van der Waals surface area contributed by atoms with Crippen LogP contribution in [0.15, 0.2) is 24.4 Å². The summed E-state index contributed by atoms with van der Waals surface area (Å²) in [5.74, 6) is -0.865. The highest BCUT2D eigenvalue weighted by atomic mass is 35.5.